The van der Waals surface area contributed by atoms with Crippen LogP contribution in [0.15, 0.2) is 24.3 Å². The fourth-order valence-electron chi connectivity index (χ4n) is 1.71. The second-order valence-electron chi connectivity index (χ2n) is 4.65. The van der Waals surface area contributed by atoms with E-state index < -0.39 is 10.0 Å². The first-order chi connectivity index (χ1) is 9.89. The lowest BCUT2D eigenvalue weighted by Gasteiger charge is -2.08. The van der Waals surface area contributed by atoms with Crippen LogP contribution < -0.4 is 4.72 Å². The number of hydrogen-bond acceptors (Lipinski definition) is 6. The maximum atomic E-state index is 12.1. The molecule has 2 aromatic rings. The van der Waals surface area contributed by atoms with Crippen molar-refractivity contribution < 1.29 is 13.5 Å². The van der Waals surface area contributed by atoms with Crippen LogP contribution in [0, 0.1) is 13.8 Å². The summed E-state index contributed by atoms with van der Waals surface area (Å²) in [5, 5.41) is 16.6. The first kappa shape index (κ1) is 15.3. The molecule has 0 aliphatic heterocycles. The van der Waals surface area contributed by atoms with Crippen LogP contribution >= 0.6 is 0 Å². The van der Waals surface area contributed by atoms with Crippen molar-refractivity contribution in [2.75, 3.05) is 4.72 Å². The molecule has 2 rings (SSSR count). The van der Waals surface area contributed by atoms with E-state index in [2.05, 4.69) is 19.9 Å². The quantitative estimate of drug-likeness (QED) is 0.851. The van der Waals surface area contributed by atoms with E-state index in [1.54, 1.807) is 38.1 Å². The molecule has 1 heterocycles. The van der Waals surface area contributed by atoms with Gasteiger partial charge in [0, 0.05) is 0 Å². The molecule has 0 saturated carbocycles. The zero-order valence-electron chi connectivity index (χ0n) is 11.7. The standard InChI is InChI=1S/C13H16N4O3S/c1-9-10(2)15-16-13(14-9)17-21(19,20)8-12-5-3-4-11(6-12)7-18/h3-6,18H,7-8H2,1-2H3,(H,14,16,17). The van der Waals surface area contributed by atoms with Gasteiger partial charge in [-0.3, -0.25) is 0 Å². The number of rotatable bonds is 5. The lowest BCUT2D eigenvalue weighted by molar-refractivity contribution is 0.282. The molecule has 1 aromatic carbocycles. The molecule has 0 radical (unpaired) electrons. The summed E-state index contributed by atoms with van der Waals surface area (Å²) >= 11 is 0. The Bertz CT molecular complexity index is 747. The van der Waals surface area contributed by atoms with Gasteiger partial charge in [-0.25, -0.2) is 18.1 Å². The van der Waals surface area contributed by atoms with Gasteiger partial charge in [0.2, 0.25) is 10.0 Å². The number of aliphatic hydroxyl groups is 1. The fourth-order valence-corrected chi connectivity index (χ4v) is 2.77. The SMILES string of the molecule is Cc1nnc(NS(=O)(=O)Cc2cccc(CO)c2)nc1C. The Morgan fingerprint density at radius 1 is 1.14 bits per heavy atom. The largest absolute Gasteiger partial charge is 0.392 e. The molecule has 0 aliphatic carbocycles. The van der Waals surface area contributed by atoms with Crippen molar-refractivity contribution in [3.05, 3.63) is 46.8 Å². The predicted octanol–water partition coefficient (Wildman–Crippen LogP) is 0.923. The molecule has 0 fully saturated rings. The summed E-state index contributed by atoms with van der Waals surface area (Å²) in [6.07, 6.45) is 0. The number of aliphatic hydroxyl groups excluding tert-OH is 1. The van der Waals surface area contributed by atoms with Gasteiger partial charge in [-0.1, -0.05) is 24.3 Å². The minimum atomic E-state index is -3.64. The van der Waals surface area contributed by atoms with Crippen LogP contribution in [0.5, 0.6) is 0 Å². The third-order valence-corrected chi connectivity index (χ3v) is 4.08. The summed E-state index contributed by atoms with van der Waals surface area (Å²) in [7, 11) is -3.64. The number of nitrogens with zero attached hydrogens (tertiary/aromatic N) is 3. The summed E-state index contributed by atoms with van der Waals surface area (Å²) < 4.78 is 26.5. The monoisotopic (exact) mass is 308 g/mol. The average molecular weight is 308 g/mol. The van der Waals surface area contributed by atoms with E-state index in [1.807, 2.05) is 0 Å². The van der Waals surface area contributed by atoms with E-state index in [0.29, 0.717) is 22.5 Å². The molecule has 0 amide bonds. The molecule has 112 valence electrons. The molecule has 0 atom stereocenters. The van der Waals surface area contributed by atoms with Crippen molar-refractivity contribution in [2.45, 2.75) is 26.2 Å². The summed E-state index contributed by atoms with van der Waals surface area (Å²) in [5.41, 5.74) is 2.50. The molecule has 0 bridgehead atoms. The summed E-state index contributed by atoms with van der Waals surface area (Å²) in [5.74, 6) is -0.270. The van der Waals surface area contributed by atoms with Crippen LogP contribution in [-0.2, 0) is 22.4 Å². The minimum Gasteiger partial charge on any atom is -0.392 e. The van der Waals surface area contributed by atoms with Gasteiger partial charge in [0.15, 0.2) is 0 Å². The number of hydrogen-bond donors (Lipinski definition) is 2. The van der Waals surface area contributed by atoms with Crippen molar-refractivity contribution in [3.8, 4) is 0 Å². The molecular weight excluding hydrogens is 292 g/mol. The highest BCUT2D eigenvalue weighted by atomic mass is 32.2. The number of anilines is 1. The molecule has 21 heavy (non-hydrogen) atoms. The lowest BCUT2D eigenvalue weighted by atomic mass is 10.1. The molecule has 8 heteroatoms. The van der Waals surface area contributed by atoms with Crippen LogP contribution in [0.3, 0.4) is 0 Å². The molecule has 0 aliphatic rings. The zero-order chi connectivity index (χ0) is 15.5. The molecule has 2 N–H and O–H groups in total. The molecule has 0 saturated heterocycles. The average Bonchev–Trinajstić information content (AvgIpc) is 2.42. The highest BCUT2D eigenvalue weighted by molar-refractivity contribution is 7.91. The maximum Gasteiger partial charge on any atom is 0.256 e. The highest BCUT2D eigenvalue weighted by Crippen LogP contribution is 2.11. The number of aromatic nitrogens is 3. The van der Waals surface area contributed by atoms with Crippen LogP contribution in [-0.4, -0.2) is 28.7 Å². The van der Waals surface area contributed by atoms with Crippen LogP contribution in [0.1, 0.15) is 22.5 Å². The number of nitrogens with one attached hydrogen (secondary N) is 1. The first-order valence-electron chi connectivity index (χ1n) is 6.27. The van der Waals surface area contributed by atoms with Gasteiger partial charge >= 0.3 is 0 Å². The van der Waals surface area contributed by atoms with Crippen molar-refractivity contribution in [2.24, 2.45) is 0 Å². The Morgan fingerprint density at radius 3 is 2.52 bits per heavy atom. The third kappa shape index (κ3) is 4.20. The summed E-state index contributed by atoms with van der Waals surface area (Å²) in [4.78, 5) is 4.03. The lowest BCUT2D eigenvalue weighted by Crippen LogP contribution is -2.18. The fraction of sp³-hybridized carbons (Fsp3) is 0.308. The molecule has 0 unspecified atom stereocenters. The Labute approximate surface area is 123 Å². The van der Waals surface area contributed by atoms with E-state index in [-0.39, 0.29) is 18.3 Å². The Hall–Kier alpha value is -2.06. The highest BCUT2D eigenvalue weighted by Gasteiger charge is 2.14. The first-order valence-corrected chi connectivity index (χ1v) is 7.92. The molecule has 0 spiro atoms. The van der Waals surface area contributed by atoms with Gasteiger partial charge < -0.3 is 5.11 Å². The Morgan fingerprint density at radius 2 is 1.86 bits per heavy atom. The van der Waals surface area contributed by atoms with Crippen LogP contribution in [0.4, 0.5) is 5.95 Å². The smallest absolute Gasteiger partial charge is 0.256 e. The summed E-state index contributed by atoms with van der Waals surface area (Å²) in [6.45, 7) is 3.34. The van der Waals surface area contributed by atoms with Crippen molar-refractivity contribution in [1.82, 2.24) is 15.2 Å². The van der Waals surface area contributed by atoms with E-state index in [0.717, 1.165) is 0 Å². The maximum absolute atomic E-state index is 12.1. The third-order valence-electron chi connectivity index (χ3n) is 2.87. The van der Waals surface area contributed by atoms with Gasteiger partial charge in [-0.15, -0.1) is 5.10 Å². The van der Waals surface area contributed by atoms with Crippen molar-refractivity contribution in [3.63, 3.8) is 0 Å². The topological polar surface area (TPSA) is 105 Å². The second kappa shape index (κ2) is 6.15. The van der Waals surface area contributed by atoms with Gasteiger partial charge in [0.05, 0.1) is 23.7 Å². The van der Waals surface area contributed by atoms with Crippen LogP contribution in [0.2, 0.25) is 0 Å². The van der Waals surface area contributed by atoms with E-state index in [9.17, 15) is 8.42 Å². The van der Waals surface area contributed by atoms with Crippen LogP contribution in [0.25, 0.3) is 0 Å². The normalized spacial score (nSPS) is 11.4. The number of benzene rings is 1. The Kier molecular flexibility index (Phi) is 4.49. The van der Waals surface area contributed by atoms with Gasteiger partial charge in [0.25, 0.3) is 5.95 Å². The second-order valence-corrected chi connectivity index (χ2v) is 6.37. The summed E-state index contributed by atoms with van der Waals surface area (Å²) in [6, 6.07) is 6.74. The molecular formula is C13H16N4O3S. The van der Waals surface area contributed by atoms with E-state index >= 15 is 0 Å². The van der Waals surface area contributed by atoms with Gasteiger partial charge in [-0.05, 0) is 25.0 Å². The van der Waals surface area contributed by atoms with Crippen molar-refractivity contribution in [1.29, 1.82) is 0 Å². The Balaban J connectivity index is 2.16. The number of aryl methyl sites for hydroxylation is 2. The van der Waals surface area contributed by atoms with Gasteiger partial charge in [-0.2, -0.15) is 5.10 Å². The number of sulfonamides is 1. The van der Waals surface area contributed by atoms with Gasteiger partial charge in [0.1, 0.15) is 0 Å². The van der Waals surface area contributed by atoms with E-state index in [1.165, 1.54) is 0 Å². The zero-order valence-corrected chi connectivity index (χ0v) is 12.6. The minimum absolute atomic E-state index is 0.0450. The van der Waals surface area contributed by atoms with E-state index in [4.69, 9.17) is 5.11 Å². The molecule has 7 nitrogen and oxygen atoms in total. The molecule has 1 aromatic heterocycles. The predicted molar refractivity (Wildman–Crippen MR) is 77.9 cm³/mol. The van der Waals surface area contributed by atoms with Crippen molar-refractivity contribution >= 4 is 16.0 Å².